The highest BCUT2D eigenvalue weighted by molar-refractivity contribution is 5.13. The molecule has 0 bridgehead atoms. The molecule has 1 aromatic heterocycles. The van der Waals surface area contributed by atoms with Crippen LogP contribution in [0.3, 0.4) is 0 Å². The van der Waals surface area contributed by atoms with E-state index in [1.165, 1.54) is 108 Å². The summed E-state index contributed by atoms with van der Waals surface area (Å²) in [6.45, 7) is 3.28. The third-order valence-electron chi connectivity index (χ3n) is 6.02. The second-order valence-electron chi connectivity index (χ2n) is 8.65. The van der Waals surface area contributed by atoms with Crippen molar-refractivity contribution in [1.82, 2.24) is 0 Å². The number of unbranched alkanes of at least 4 members (excludes halogenated alkanes) is 13. The SMILES string of the molecule is CCCCCCCCCCCCCCCCc1cccc[n+]1Cc1ccccc1. The molecule has 0 aliphatic heterocycles. The van der Waals surface area contributed by atoms with Gasteiger partial charge in [-0.2, -0.15) is 4.57 Å². The van der Waals surface area contributed by atoms with Crippen molar-refractivity contribution < 1.29 is 4.57 Å². The van der Waals surface area contributed by atoms with E-state index in [-0.39, 0.29) is 0 Å². The monoisotopic (exact) mass is 394 g/mol. The summed E-state index contributed by atoms with van der Waals surface area (Å²) in [6.07, 6.45) is 23.4. The van der Waals surface area contributed by atoms with Gasteiger partial charge in [-0.05, 0) is 6.42 Å². The molecular weight excluding hydrogens is 350 g/mol. The van der Waals surface area contributed by atoms with Crippen LogP contribution in [0.15, 0.2) is 54.7 Å². The van der Waals surface area contributed by atoms with Crippen LogP contribution in [0.2, 0.25) is 0 Å². The minimum atomic E-state index is 0.982. The zero-order chi connectivity index (χ0) is 20.4. The Kier molecular flexibility index (Phi) is 13.2. The lowest BCUT2D eigenvalue weighted by Gasteiger charge is -2.05. The first-order valence-corrected chi connectivity index (χ1v) is 12.4. The molecular formula is C28H44N+. The third kappa shape index (κ3) is 11.2. The van der Waals surface area contributed by atoms with Crippen LogP contribution in [-0.4, -0.2) is 0 Å². The van der Waals surface area contributed by atoms with Crippen molar-refractivity contribution in [2.75, 3.05) is 0 Å². The number of hydrogen-bond donors (Lipinski definition) is 0. The summed E-state index contributed by atoms with van der Waals surface area (Å²) >= 11 is 0. The smallest absolute Gasteiger partial charge is 0.181 e. The summed E-state index contributed by atoms with van der Waals surface area (Å²) in [5.41, 5.74) is 2.85. The number of nitrogens with zero attached hydrogens (tertiary/aromatic N) is 1. The molecule has 160 valence electrons. The van der Waals surface area contributed by atoms with Gasteiger partial charge in [-0.1, -0.05) is 127 Å². The van der Waals surface area contributed by atoms with E-state index in [2.05, 4.69) is 66.2 Å². The molecule has 1 heterocycles. The molecule has 0 aliphatic rings. The van der Waals surface area contributed by atoms with E-state index in [4.69, 9.17) is 0 Å². The Labute approximate surface area is 180 Å². The van der Waals surface area contributed by atoms with Gasteiger partial charge in [0.15, 0.2) is 18.4 Å². The number of aryl methyl sites for hydroxylation is 1. The highest BCUT2D eigenvalue weighted by Crippen LogP contribution is 2.13. The maximum atomic E-state index is 2.41. The number of aromatic nitrogens is 1. The largest absolute Gasteiger partial charge is 0.198 e. The highest BCUT2D eigenvalue weighted by atomic mass is 14.9. The molecule has 1 aromatic carbocycles. The summed E-state index contributed by atoms with van der Waals surface area (Å²) < 4.78 is 2.41. The maximum Gasteiger partial charge on any atom is 0.181 e. The number of rotatable bonds is 17. The first-order chi connectivity index (χ1) is 14.4. The molecule has 29 heavy (non-hydrogen) atoms. The van der Waals surface area contributed by atoms with Crippen molar-refractivity contribution in [3.05, 3.63) is 66.0 Å². The van der Waals surface area contributed by atoms with Crippen molar-refractivity contribution in [3.63, 3.8) is 0 Å². The average Bonchev–Trinajstić information content (AvgIpc) is 2.76. The Morgan fingerprint density at radius 1 is 0.552 bits per heavy atom. The molecule has 0 saturated heterocycles. The molecule has 0 aliphatic carbocycles. The van der Waals surface area contributed by atoms with Crippen molar-refractivity contribution in [1.29, 1.82) is 0 Å². The van der Waals surface area contributed by atoms with Gasteiger partial charge < -0.3 is 0 Å². The van der Waals surface area contributed by atoms with E-state index in [1.807, 2.05) is 0 Å². The first kappa shape index (κ1) is 23.6. The number of hydrogen-bond acceptors (Lipinski definition) is 0. The van der Waals surface area contributed by atoms with Gasteiger partial charge in [0.1, 0.15) is 0 Å². The number of benzene rings is 1. The number of pyridine rings is 1. The molecule has 0 atom stereocenters. The quantitative estimate of drug-likeness (QED) is 0.189. The predicted molar refractivity (Wildman–Crippen MR) is 126 cm³/mol. The van der Waals surface area contributed by atoms with Crippen LogP contribution < -0.4 is 4.57 Å². The average molecular weight is 395 g/mol. The molecule has 0 spiro atoms. The fourth-order valence-electron chi connectivity index (χ4n) is 4.17. The summed E-state index contributed by atoms with van der Waals surface area (Å²) in [5, 5.41) is 0. The van der Waals surface area contributed by atoms with Gasteiger partial charge in [0.05, 0.1) is 0 Å². The highest BCUT2D eigenvalue weighted by Gasteiger charge is 2.09. The van der Waals surface area contributed by atoms with E-state index in [1.54, 1.807) is 0 Å². The molecule has 0 saturated carbocycles. The van der Waals surface area contributed by atoms with Crippen LogP contribution >= 0.6 is 0 Å². The molecule has 0 N–H and O–H groups in total. The molecule has 0 amide bonds. The van der Waals surface area contributed by atoms with E-state index in [9.17, 15) is 0 Å². The standard InChI is InChI=1S/C28H44N/c1-2-3-4-5-6-7-8-9-10-11-12-13-14-18-23-28-24-19-20-25-29(28)26-27-21-16-15-17-22-27/h15-17,19-22,24-25H,2-14,18,23,26H2,1H3/q+1. The summed E-state index contributed by atoms with van der Waals surface area (Å²) in [7, 11) is 0. The summed E-state index contributed by atoms with van der Waals surface area (Å²) in [6, 6.07) is 17.4. The van der Waals surface area contributed by atoms with E-state index < -0.39 is 0 Å². The Morgan fingerprint density at radius 2 is 1.07 bits per heavy atom. The van der Waals surface area contributed by atoms with Gasteiger partial charge in [0.25, 0.3) is 0 Å². The Morgan fingerprint density at radius 3 is 1.66 bits per heavy atom. The molecule has 0 unspecified atom stereocenters. The lowest BCUT2D eigenvalue weighted by atomic mass is 10.0. The van der Waals surface area contributed by atoms with Gasteiger partial charge in [0, 0.05) is 24.1 Å². The predicted octanol–water partition coefficient (Wildman–Crippen LogP) is 8.05. The minimum absolute atomic E-state index is 0.982. The van der Waals surface area contributed by atoms with Crippen LogP contribution in [-0.2, 0) is 13.0 Å². The van der Waals surface area contributed by atoms with Crippen molar-refractivity contribution in [3.8, 4) is 0 Å². The zero-order valence-electron chi connectivity index (χ0n) is 19.0. The van der Waals surface area contributed by atoms with Crippen LogP contribution in [0.25, 0.3) is 0 Å². The van der Waals surface area contributed by atoms with Gasteiger partial charge >= 0.3 is 0 Å². The van der Waals surface area contributed by atoms with Gasteiger partial charge in [-0.25, -0.2) is 0 Å². The van der Waals surface area contributed by atoms with Gasteiger partial charge in [-0.3, -0.25) is 0 Å². The van der Waals surface area contributed by atoms with Gasteiger partial charge in [0.2, 0.25) is 0 Å². The summed E-state index contributed by atoms with van der Waals surface area (Å²) in [5.74, 6) is 0. The summed E-state index contributed by atoms with van der Waals surface area (Å²) in [4.78, 5) is 0. The van der Waals surface area contributed by atoms with E-state index in [0.717, 1.165) is 6.54 Å². The van der Waals surface area contributed by atoms with E-state index >= 15 is 0 Å². The molecule has 2 aromatic rings. The van der Waals surface area contributed by atoms with Crippen LogP contribution in [0.1, 0.15) is 108 Å². The lowest BCUT2D eigenvalue weighted by Crippen LogP contribution is -2.38. The Balaban J connectivity index is 1.48. The van der Waals surface area contributed by atoms with Crippen molar-refractivity contribution >= 4 is 0 Å². The van der Waals surface area contributed by atoms with Crippen molar-refractivity contribution in [2.24, 2.45) is 0 Å². The molecule has 0 radical (unpaired) electrons. The van der Waals surface area contributed by atoms with Crippen molar-refractivity contribution in [2.45, 2.75) is 110 Å². The molecule has 2 rings (SSSR count). The van der Waals surface area contributed by atoms with Crippen LogP contribution in [0, 0.1) is 0 Å². The lowest BCUT2D eigenvalue weighted by molar-refractivity contribution is -0.695. The topological polar surface area (TPSA) is 3.88 Å². The van der Waals surface area contributed by atoms with Crippen LogP contribution in [0.4, 0.5) is 0 Å². The van der Waals surface area contributed by atoms with E-state index in [0.29, 0.717) is 0 Å². The molecule has 1 heteroatoms. The Hall–Kier alpha value is -1.63. The molecule has 0 fully saturated rings. The second kappa shape index (κ2) is 16.2. The Bertz CT molecular complexity index is 619. The fourth-order valence-corrected chi connectivity index (χ4v) is 4.17. The second-order valence-corrected chi connectivity index (χ2v) is 8.65. The molecule has 1 nitrogen and oxygen atoms in total. The first-order valence-electron chi connectivity index (χ1n) is 12.4. The normalized spacial score (nSPS) is 11.1. The van der Waals surface area contributed by atoms with Gasteiger partial charge in [-0.15, -0.1) is 0 Å². The third-order valence-corrected chi connectivity index (χ3v) is 6.02. The fraction of sp³-hybridized carbons (Fsp3) is 0.607. The maximum absolute atomic E-state index is 2.41. The zero-order valence-corrected chi connectivity index (χ0v) is 19.0. The van der Waals surface area contributed by atoms with Crippen LogP contribution in [0.5, 0.6) is 0 Å². The minimum Gasteiger partial charge on any atom is -0.198 e.